The monoisotopic (exact) mass is 453 g/mol. The van der Waals surface area contributed by atoms with Crippen LogP contribution in [0.2, 0.25) is 0 Å². The molecule has 1 saturated heterocycles. The lowest BCUT2D eigenvalue weighted by molar-refractivity contribution is 0.0950. The molecule has 33 heavy (non-hydrogen) atoms. The van der Waals surface area contributed by atoms with Gasteiger partial charge in [-0.25, -0.2) is 9.37 Å². The molecular weight excluding hydrogens is 429 g/mol. The molecular formula is C22H24FN7O3. The Morgan fingerprint density at radius 1 is 1.12 bits per heavy atom. The van der Waals surface area contributed by atoms with E-state index in [0.717, 1.165) is 43.8 Å². The molecule has 0 spiro atoms. The standard InChI is InChI=1S/C22H24FN7O3/c23-16-9-15(11-25-12-16)21(31)29-18-13-28-30-20(18)22(32)26-8-3-14-1-2-19(27-10-14)33-17-4-6-24-7-5-17/h1-2,9-13,17,24H,3-8H2,(H,26,32)(H,28,30)(H,29,31). The SMILES string of the molecule is O=C(Nc1cn[nH]c1C(=O)NCCc1ccc(OC2CCNCC2)nc1)c1cncc(F)c1. The smallest absolute Gasteiger partial charge is 0.271 e. The first-order valence-corrected chi connectivity index (χ1v) is 10.6. The average molecular weight is 453 g/mol. The van der Waals surface area contributed by atoms with E-state index in [9.17, 15) is 14.0 Å². The van der Waals surface area contributed by atoms with Crippen LogP contribution in [0.5, 0.6) is 5.88 Å². The molecule has 2 amide bonds. The average Bonchev–Trinajstić information content (AvgIpc) is 3.29. The summed E-state index contributed by atoms with van der Waals surface area (Å²) in [5.41, 5.74) is 1.26. The number of halogens is 1. The normalized spacial score (nSPS) is 14.0. The van der Waals surface area contributed by atoms with Crippen molar-refractivity contribution in [2.24, 2.45) is 0 Å². The molecule has 0 aliphatic carbocycles. The zero-order valence-electron chi connectivity index (χ0n) is 17.8. The number of amides is 2. The Morgan fingerprint density at radius 3 is 2.73 bits per heavy atom. The van der Waals surface area contributed by atoms with Crippen LogP contribution in [0.1, 0.15) is 39.3 Å². The molecule has 0 bridgehead atoms. The van der Waals surface area contributed by atoms with Gasteiger partial charge >= 0.3 is 0 Å². The van der Waals surface area contributed by atoms with Gasteiger partial charge in [0.25, 0.3) is 11.8 Å². The zero-order valence-corrected chi connectivity index (χ0v) is 17.8. The van der Waals surface area contributed by atoms with Gasteiger partial charge in [-0.3, -0.25) is 19.7 Å². The summed E-state index contributed by atoms with van der Waals surface area (Å²) in [6.07, 6.45) is 7.95. The highest BCUT2D eigenvalue weighted by atomic mass is 19.1. The van der Waals surface area contributed by atoms with Crippen LogP contribution in [0.4, 0.5) is 10.1 Å². The minimum Gasteiger partial charge on any atom is -0.474 e. The number of carbonyl (C=O) groups excluding carboxylic acids is 2. The Labute approximate surface area is 189 Å². The van der Waals surface area contributed by atoms with E-state index in [1.54, 1.807) is 6.20 Å². The molecule has 3 aromatic heterocycles. The fourth-order valence-corrected chi connectivity index (χ4v) is 3.41. The van der Waals surface area contributed by atoms with Crippen molar-refractivity contribution in [1.82, 2.24) is 30.8 Å². The summed E-state index contributed by atoms with van der Waals surface area (Å²) in [5, 5.41) is 15.0. The number of aromatic amines is 1. The van der Waals surface area contributed by atoms with Gasteiger partial charge in [-0.1, -0.05) is 6.07 Å². The molecule has 3 aromatic rings. The minimum atomic E-state index is -0.631. The molecule has 4 heterocycles. The predicted molar refractivity (Wildman–Crippen MR) is 118 cm³/mol. The van der Waals surface area contributed by atoms with E-state index in [1.165, 1.54) is 12.4 Å². The van der Waals surface area contributed by atoms with Crippen LogP contribution in [0.15, 0.2) is 43.0 Å². The van der Waals surface area contributed by atoms with Gasteiger partial charge in [0.2, 0.25) is 5.88 Å². The van der Waals surface area contributed by atoms with E-state index in [1.807, 2.05) is 12.1 Å². The molecule has 0 atom stereocenters. The van der Waals surface area contributed by atoms with Gasteiger partial charge in [-0.15, -0.1) is 0 Å². The first-order valence-electron chi connectivity index (χ1n) is 10.6. The molecule has 11 heteroatoms. The highest BCUT2D eigenvalue weighted by Crippen LogP contribution is 2.15. The number of piperidine rings is 1. The van der Waals surface area contributed by atoms with Crippen molar-refractivity contribution in [1.29, 1.82) is 0 Å². The van der Waals surface area contributed by atoms with Crippen LogP contribution in [0, 0.1) is 5.82 Å². The first-order chi connectivity index (χ1) is 16.1. The van der Waals surface area contributed by atoms with Crippen molar-refractivity contribution in [2.75, 3.05) is 25.0 Å². The van der Waals surface area contributed by atoms with E-state index in [4.69, 9.17) is 4.74 Å². The van der Waals surface area contributed by atoms with Gasteiger partial charge < -0.3 is 20.7 Å². The molecule has 4 rings (SSSR count). The Kier molecular flexibility index (Phi) is 7.20. The van der Waals surface area contributed by atoms with Gasteiger partial charge in [0.05, 0.1) is 23.6 Å². The number of carbonyl (C=O) groups is 2. The fourth-order valence-electron chi connectivity index (χ4n) is 3.41. The summed E-state index contributed by atoms with van der Waals surface area (Å²) in [7, 11) is 0. The summed E-state index contributed by atoms with van der Waals surface area (Å²) in [5.74, 6) is -1.07. The summed E-state index contributed by atoms with van der Waals surface area (Å²) in [6.45, 7) is 2.26. The van der Waals surface area contributed by atoms with Gasteiger partial charge in [-0.05, 0) is 44.0 Å². The van der Waals surface area contributed by atoms with E-state index in [-0.39, 0.29) is 23.0 Å². The third kappa shape index (κ3) is 6.10. The van der Waals surface area contributed by atoms with Crippen molar-refractivity contribution in [3.05, 3.63) is 65.6 Å². The second-order valence-corrected chi connectivity index (χ2v) is 7.58. The minimum absolute atomic E-state index is 0.0302. The lowest BCUT2D eigenvalue weighted by Crippen LogP contribution is -2.34. The quantitative estimate of drug-likeness (QED) is 0.408. The first kappa shape index (κ1) is 22.3. The Bertz CT molecular complexity index is 1100. The van der Waals surface area contributed by atoms with Crippen molar-refractivity contribution >= 4 is 17.5 Å². The highest BCUT2D eigenvalue weighted by Gasteiger charge is 2.17. The number of anilines is 1. The van der Waals surface area contributed by atoms with Crippen LogP contribution in [-0.2, 0) is 6.42 Å². The number of nitrogens with zero attached hydrogens (tertiary/aromatic N) is 3. The van der Waals surface area contributed by atoms with Gasteiger partial charge in [0.15, 0.2) is 0 Å². The Morgan fingerprint density at radius 2 is 1.97 bits per heavy atom. The molecule has 0 aromatic carbocycles. The third-order valence-corrected chi connectivity index (χ3v) is 5.15. The van der Waals surface area contributed by atoms with E-state index in [2.05, 4.69) is 36.1 Å². The number of hydrogen-bond donors (Lipinski definition) is 4. The Balaban J connectivity index is 1.26. The van der Waals surface area contributed by atoms with Gasteiger partial charge in [-0.2, -0.15) is 5.10 Å². The molecule has 10 nitrogen and oxygen atoms in total. The fraction of sp³-hybridized carbons (Fsp3) is 0.318. The molecule has 172 valence electrons. The van der Waals surface area contributed by atoms with Crippen LogP contribution >= 0.6 is 0 Å². The van der Waals surface area contributed by atoms with E-state index in [0.29, 0.717) is 18.8 Å². The van der Waals surface area contributed by atoms with Crippen LogP contribution in [-0.4, -0.2) is 57.7 Å². The lowest BCUT2D eigenvalue weighted by Gasteiger charge is -2.23. The highest BCUT2D eigenvalue weighted by molar-refractivity contribution is 6.08. The number of ether oxygens (including phenoxy) is 1. The number of rotatable bonds is 8. The van der Waals surface area contributed by atoms with Crippen LogP contribution in [0.25, 0.3) is 0 Å². The maximum absolute atomic E-state index is 13.3. The Hall–Kier alpha value is -3.86. The van der Waals surface area contributed by atoms with Gasteiger partial charge in [0.1, 0.15) is 17.6 Å². The summed E-state index contributed by atoms with van der Waals surface area (Å²) >= 11 is 0. The molecule has 4 N–H and O–H groups in total. The summed E-state index contributed by atoms with van der Waals surface area (Å²) < 4.78 is 19.2. The maximum atomic E-state index is 13.3. The van der Waals surface area contributed by atoms with Crippen molar-refractivity contribution in [2.45, 2.75) is 25.4 Å². The number of nitrogens with one attached hydrogen (secondary N) is 4. The number of H-pyrrole nitrogens is 1. The van der Waals surface area contributed by atoms with Gasteiger partial charge in [0, 0.05) is 25.0 Å². The van der Waals surface area contributed by atoms with Crippen molar-refractivity contribution < 1.29 is 18.7 Å². The number of aromatic nitrogens is 4. The second-order valence-electron chi connectivity index (χ2n) is 7.58. The number of pyridine rings is 2. The van der Waals surface area contributed by atoms with Crippen LogP contribution in [0.3, 0.4) is 0 Å². The predicted octanol–water partition coefficient (Wildman–Crippen LogP) is 1.69. The molecule has 1 fully saturated rings. The molecule has 1 aliphatic rings. The number of hydrogen-bond acceptors (Lipinski definition) is 7. The third-order valence-electron chi connectivity index (χ3n) is 5.15. The maximum Gasteiger partial charge on any atom is 0.271 e. The molecule has 0 radical (unpaired) electrons. The molecule has 1 aliphatic heterocycles. The zero-order chi connectivity index (χ0) is 23.0. The van der Waals surface area contributed by atoms with Crippen molar-refractivity contribution in [3.8, 4) is 5.88 Å². The molecule has 0 unspecified atom stereocenters. The second kappa shape index (κ2) is 10.6. The topological polar surface area (TPSA) is 134 Å². The summed E-state index contributed by atoms with van der Waals surface area (Å²) in [6, 6.07) is 4.81. The molecule has 0 saturated carbocycles. The lowest BCUT2D eigenvalue weighted by atomic mass is 10.1. The largest absolute Gasteiger partial charge is 0.474 e. The van der Waals surface area contributed by atoms with E-state index < -0.39 is 17.6 Å². The van der Waals surface area contributed by atoms with Crippen LogP contribution < -0.4 is 20.7 Å². The van der Waals surface area contributed by atoms with Crippen molar-refractivity contribution in [3.63, 3.8) is 0 Å². The van der Waals surface area contributed by atoms with E-state index >= 15 is 0 Å². The summed E-state index contributed by atoms with van der Waals surface area (Å²) in [4.78, 5) is 32.8.